The van der Waals surface area contributed by atoms with Crippen LogP contribution in [-0.4, -0.2) is 48.8 Å². The van der Waals surface area contributed by atoms with Crippen LogP contribution in [0.1, 0.15) is 46.5 Å². The number of aliphatic hydroxyl groups is 1. The highest BCUT2D eigenvalue weighted by molar-refractivity contribution is 4.85. The molecular weight excluding hydrogens is 224 g/mol. The molecule has 0 aromatic rings. The summed E-state index contributed by atoms with van der Waals surface area (Å²) < 4.78 is 0. The van der Waals surface area contributed by atoms with Gasteiger partial charge in [0.05, 0.1) is 6.61 Å². The molecule has 108 valence electrons. The highest BCUT2D eigenvalue weighted by atomic mass is 16.3. The second-order valence-electron chi connectivity index (χ2n) is 6.24. The second kappa shape index (κ2) is 7.46. The summed E-state index contributed by atoms with van der Waals surface area (Å²) in [6, 6.07) is 0. The Morgan fingerprint density at radius 1 is 1.44 bits per heavy atom. The lowest BCUT2D eigenvalue weighted by atomic mass is 9.91. The summed E-state index contributed by atoms with van der Waals surface area (Å²) in [5, 5.41) is 12.8. The average Bonchev–Trinajstić information content (AvgIpc) is 2.84. The Hall–Kier alpha value is -0.120. The third-order valence-corrected chi connectivity index (χ3v) is 4.89. The monoisotopic (exact) mass is 256 g/mol. The predicted molar refractivity (Wildman–Crippen MR) is 77.8 cm³/mol. The third kappa shape index (κ3) is 4.22. The largest absolute Gasteiger partial charge is 0.394 e. The molecule has 3 heteroatoms. The summed E-state index contributed by atoms with van der Waals surface area (Å²) in [4.78, 5) is 2.60. The van der Waals surface area contributed by atoms with Gasteiger partial charge >= 0.3 is 0 Å². The highest BCUT2D eigenvalue weighted by Crippen LogP contribution is 2.24. The Morgan fingerprint density at radius 2 is 2.17 bits per heavy atom. The van der Waals surface area contributed by atoms with Gasteiger partial charge in [-0.1, -0.05) is 20.8 Å². The summed E-state index contributed by atoms with van der Waals surface area (Å²) in [6.07, 6.45) is 4.61. The van der Waals surface area contributed by atoms with Crippen LogP contribution in [0.4, 0.5) is 0 Å². The Morgan fingerprint density at radius 3 is 2.61 bits per heavy atom. The first-order valence-corrected chi connectivity index (χ1v) is 7.59. The number of rotatable bonds is 8. The summed E-state index contributed by atoms with van der Waals surface area (Å²) >= 11 is 0. The topological polar surface area (TPSA) is 35.5 Å². The summed E-state index contributed by atoms with van der Waals surface area (Å²) in [7, 11) is 1.96. The molecule has 1 aliphatic heterocycles. The molecule has 3 nitrogen and oxygen atoms in total. The maximum absolute atomic E-state index is 9.51. The van der Waals surface area contributed by atoms with Crippen molar-refractivity contribution in [1.82, 2.24) is 10.2 Å². The molecule has 0 saturated carbocycles. The summed E-state index contributed by atoms with van der Waals surface area (Å²) in [5.41, 5.74) is -0.0584. The first-order chi connectivity index (χ1) is 8.56. The van der Waals surface area contributed by atoms with Crippen molar-refractivity contribution in [2.24, 2.45) is 11.8 Å². The van der Waals surface area contributed by atoms with Crippen LogP contribution in [0, 0.1) is 11.8 Å². The number of likely N-dealkylation sites (tertiary alicyclic amines) is 1. The fraction of sp³-hybridized carbons (Fsp3) is 1.00. The van der Waals surface area contributed by atoms with Gasteiger partial charge in [0.25, 0.3) is 0 Å². The average molecular weight is 256 g/mol. The Labute approximate surface area is 113 Å². The molecule has 0 aromatic carbocycles. The van der Waals surface area contributed by atoms with E-state index in [-0.39, 0.29) is 12.1 Å². The van der Waals surface area contributed by atoms with Gasteiger partial charge in [0, 0.05) is 12.1 Å². The number of hydrogen-bond acceptors (Lipinski definition) is 3. The molecule has 1 fully saturated rings. The van der Waals surface area contributed by atoms with Gasteiger partial charge in [0.1, 0.15) is 0 Å². The molecule has 0 radical (unpaired) electrons. The van der Waals surface area contributed by atoms with Gasteiger partial charge in [-0.2, -0.15) is 0 Å². The summed E-state index contributed by atoms with van der Waals surface area (Å²) in [5.74, 6) is 1.71. The normalized spacial score (nSPS) is 24.7. The maximum atomic E-state index is 9.51. The van der Waals surface area contributed by atoms with Crippen LogP contribution < -0.4 is 5.32 Å². The molecule has 1 aliphatic rings. The van der Waals surface area contributed by atoms with E-state index in [4.69, 9.17) is 0 Å². The SMILES string of the molecule is CCC(CO)(CCCN1CCC(C(C)C)C1)NC. The zero-order chi connectivity index (χ0) is 13.6. The lowest BCUT2D eigenvalue weighted by molar-refractivity contribution is 0.147. The van der Waals surface area contributed by atoms with E-state index in [1.165, 1.54) is 32.5 Å². The van der Waals surface area contributed by atoms with Crippen molar-refractivity contribution in [3.8, 4) is 0 Å². The predicted octanol–water partition coefficient (Wildman–Crippen LogP) is 2.10. The Bertz CT molecular complexity index is 218. The second-order valence-corrected chi connectivity index (χ2v) is 6.24. The van der Waals surface area contributed by atoms with Gasteiger partial charge in [-0.3, -0.25) is 0 Å². The van der Waals surface area contributed by atoms with Crippen LogP contribution in [0.3, 0.4) is 0 Å². The van der Waals surface area contributed by atoms with E-state index >= 15 is 0 Å². The van der Waals surface area contributed by atoms with E-state index in [2.05, 4.69) is 31.0 Å². The lowest BCUT2D eigenvalue weighted by Crippen LogP contribution is -2.46. The molecule has 2 unspecified atom stereocenters. The number of nitrogens with one attached hydrogen (secondary N) is 1. The van der Waals surface area contributed by atoms with E-state index < -0.39 is 0 Å². The van der Waals surface area contributed by atoms with Gasteiger partial charge in [-0.15, -0.1) is 0 Å². The molecule has 1 saturated heterocycles. The van der Waals surface area contributed by atoms with Crippen molar-refractivity contribution in [1.29, 1.82) is 0 Å². The van der Waals surface area contributed by atoms with Crippen molar-refractivity contribution in [3.05, 3.63) is 0 Å². The fourth-order valence-corrected chi connectivity index (χ4v) is 3.00. The summed E-state index contributed by atoms with van der Waals surface area (Å²) in [6.45, 7) is 10.8. The molecule has 2 N–H and O–H groups in total. The van der Waals surface area contributed by atoms with Crippen LogP contribution >= 0.6 is 0 Å². The molecule has 0 bridgehead atoms. The minimum absolute atomic E-state index is 0.0584. The van der Waals surface area contributed by atoms with Crippen LogP contribution in [0.15, 0.2) is 0 Å². The van der Waals surface area contributed by atoms with Crippen LogP contribution in [0.25, 0.3) is 0 Å². The third-order valence-electron chi connectivity index (χ3n) is 4.89. The van der Waals surface area contributed by atoms with E-state index in [1.54, 1.807) is 0 Å². The van der Waals surface area contributed by atoms with Crippen LogP contribution in [0.5, 0.6) is 0 Å². The van der Waals surface area contributed by atoms with Crippen molar-refractivity contribution in [2.45, 2.75) is 52.0 Å². The van der Waals surface area contributed by atoms with Crippen molar-refractivity contribution in [3.63, 3.8) is 0 Å². The number of aliphatic hydroxyl groups excluding tert-OH is 1. The van der Waals surface area contributed by atoms with Crippen LogP contribution in [0.2, 0.25) is 0 Å². The zero-order valence-electron chi connectivity index (χ0n) is 12.7. The highest BCUT2D eigenvalue weighted by Gasteiger charge is 2.27. The van der Waals surface area contributed by atoms with E-state index in [1.807, 2.05) is 7.05 Å². The quantitative estimate of drug-likeness (QED) is 0.698. The van der Waals surface area contributed by atoms with Crippen molar-refractivity contribution in [2.75, 3.05) is 33.3 Å². The van der Waals surface area contributed by atoms with E-state index in [0.29, 0.717) is 0 Å². The standard InChI is InChI=1S/C15H32N2O/c1-5-15(12-18,16-4)8-6-9-17-10-7-14(11-17)13(2)3/h13-14,16,18H,5-12H2,1-4H3. The molecule has 0 aliphatic carbocycles. The molecule has 0 spiro atoms. The smallest absolute Gasteiger partial charge is 0.0613 e. The Balaban J connectivity index is 2.26. The van der Waals surface area contributed by atoms with Gasteiger partial charge in [0.15, 0.2) is 0 Å². The van der Waals surface area contributed by atoms with Gasteiger partial charge in [0.2, 0.25) is 0 Å². The van der Waals surface area contributed by atoms with Gasteiger partial charge in [-0.25, -0.2) is 0 Å². The molecule has 1 rings (SSSR count). The van der Waals surface area contributed by atoms with Crippen molar-refractivity contribution < 1.29 is 5.11 Å². The fourth-order valence-electron chi connectivity index (χ4n) is 3.00. The molecule has 0 aromatic heterocycles. The van der Waals surface area contributed by atoms with Gasteiger partial charge in [-0.05, 0) is 57.7 Å². The molecule has 0 amide bonds. The first-order valence-electron chi connectivity index (χ1n) is 7.59. The van der Waals surface area contributed by atoms with Crippen LogP contribution in [-0.2, 0) is 0 Å². The first kappa shape index (κ1) is 15.9. The van der Waals surface area contributed by atoms with E-state index in [0.717, 1.165) is 24.7 Å². The molecule has 1 heterocycles. The molecule has 18 heavy (non-hydrogen) atoms. The minimum Gasteiger partial charge on any atom is -0.394 e. The molecular formula is C15H32N2O. The number of likely N-dealkylation sites (N-methyl/N-ethyl adjacent to an activating group) is 1. The zero-order valence-corrected chi connectivity index (χ0v) is 12.7. The number of nitrogens with zero attached hydrogens (tertiary/aromatic N) is 1. The van der Waals surface area contributed by atoms with E-state index in [9.17, 15) is 5.11 Å². The lowest BCUT2D eigenvalue weighted by Gasteiger charge is -2.31. The maximum Gasteiger partial charge on any atom is 0.0613 e. The number of hydrogen-bond donors (Lipinski definition) is 2. The Kier molecular flexibility index (Phi) is 6.61. The molecule has 2 atom stereocenters. The van der Waals surface area contributed by atoms with Gasteiger partial charge < -0.3 is 15.3 Å². The van der Waals surface area contributed by atoms with Crippen molar-refractivity contribution >= 4 is 0 Å². The minimum atomic E-state index is -0.0584.